The maximum atomic E-state index is 4.81. The lowest BCUT2D eigenvalue weighted by atomic mass is 10.5. The smallest absolute Gasteiger partial charge is 0.0958 e. The van der Waals surface area contributed by atoms with Gasteiger partial charge in [0.2, 0.25) is 0 Å². The molecule has 1 aromatic heterocycles. The molecule has 0 aromatic carbocycles. The van der Waals surface area contributed by atoms with E-state index in [9.17, 15) is 0 Å². The average molecular weight is 271 g/mol. The molecule has 0 saturated carbocycles. The van der Waals surface area contributed by atoms with Crippen LogP contribution in [0.2, 0.25) is 0 Å². The van der Waals surface area contributed by atoms with Gasteiger partial charge >= 0.3 is 0 Å². The highest BCUT2D eigenvalue weighted by Crippen LogP contribution is 2.32. The van der Waals surface area contributed by atoms with Crippen molar-refractivity contribution in [3.63, 3.8) is 0 Å². The number of aromatic nitrogens is 1. The number of allylic oxidation sites excluding steroid dienone is 6. The molecule has 0 radical (unpaired) electrons. The quantitative estimate of drug-likeness (QED) is 0.738. The fourth-order valence-corrected chi connectivity index (χ4v) is 4.39. The van der Waals surface area contributed by atoms with Crippen molar-refractivity contribution < 1.29 is 0 Å². The summed E-state index contributed by atoms with van der Waals surface area (Å²) in [5.41, 5.74) is 0. The third kappa shape index (κ3) is 2.52. The van der Waals surface area contributed by atoms with Crippen molar-refractivity contribution >= 4 is 31.7 Å². The molecule has 2 aliphatic rings. The molecule has 1 aromatic rings. The van der Waals surface area contributed by atoms with Gasteiger partial charge in [0.25, 0.3) is 0 Å². The molecule has 0 N–H and O–H groups in total. The van der Waals surface area contributed by atoms with Crippen molar-refractivity contribution in [2.24, 2.45) is 0 Å². The van der Waals surface area contributed by atoms with E-state index in [1.807, 2.05) is 0 Å². The van der Waals surface area contributed by atoms with Crippen LogP contribution in [0, 0.1) is 0 Å². The van der Waals surface area contributed by atoms with Crippen LogP contribution < -0.4 is 0 Å². The standard InChI is InChI=1S/C15H13NS2/c1-3-10-17(11-4-1)14-8-7-9-15(16-14)18-12-5-2-6-13-18/h1-13H. The van der Waals surface area contributed by atoms with Crippen LogP contribution in [0.3, 0.4) is 0 Å². The van der Waals surface area contributed by atoms with Crippen LogP contribution in [0.15, 0.2) is 75.5 Å². The van der Waals surface area contributed by atoms with Crippen LogP contribution in [-0.4, -0.2) is 15.7 Å². The van der Waals surface area contributed by atoms with Crippen LogP contribution in [0.4, 0.5) is 0 Å². The first-order valence-corrected chi connectivity index (χ1v) is 8.41. The summed E-state index contributed by atoms with van der Waals surface area (Å²) in [6, 6.07) is 6.33. The molecule has 0 aliphatic carbocycles. The van der Waals surface area contributed by atoms with Gasteiger partial charge in [-0.05, 0) is 33.7 Å². The first-order valence-electron chi connectivity index (χ1n) is 5.71. The topological polar surface area (TPSA) is 12.9 Å². The number of hydrogen-bond acceptors (Lipinski definition) is 1. The maximum Gasteiger partial charge on any atom is 0.0958 e. The molecule has 2 atom stereocenters. The molecule has 18 heavy (non-hydrogen) atoms. The zero-order valence-electron chi connectivity index (χ0n) is 9.77. The second kappa shape index (κ2) is 5.46. The zero-order chi connectivity index (χ0) is 12.2. The average Bonchev–Trinajstić information content (AvgIpc) is 2.49. The van der Waals surface area contributed by atoms with Crippen molar-refractivity contribution in [2.45, 2.75) is 10.1 Å². The first kappa shape index (κ1) is 11.6. The van der Waals surface area contributed by atoms with E-state index in [1.54, 1.807) is 0 Å². The van der Waals surface area contributed by atoms with Gasteiger partial charge in [0.1, 0.15) is 0 Å². The van der Waals surface area contributed by atoms with Gasteiger partial charge in [-0.1, -0.05) is 42.5 Å². The highest BCUT2D eigenvalue weighted by atomic mass is 32.2. The third-order valence-corrected chi connectivity index (χ3v) is 5.75. The molecule has 3 rings (SSSR count). The lowest BCUT2D eigenvalue weighted by Gasteiger charge is -2.09. The highest BCUT2D eigenvalue weighted by Gasteiger charge is 2.03. The summed E-state index contributed by atoms with van der Waals surface area (Å²) in [5.74, 6) is 0. The van der Waals surface area contributed by atoms with Gasteiger partial charge in [-0.2, -0.15) is 0 Å². The Labute approximate surface area is 112 Å². The van der Waals surface area contributed by atoms with Crippen LogP contribution in [0.25, 0.3) is 0 Å². The Morgan fingerprint density at radius 1 is 0.667 bits per heavy atom. The van der Waals surface area contributed by atoms with Gasteiger partial charge < -0.3 is 0 Å². The van der Waals surface area contributed by atoms with Gasteiger partial charge in [-0.15, -0.1) is 21.0 Å². The number of nitrogens with zero attached hydrogens (tertiary/aromatic N) is 1. The summed E-state index contributed by atoms with van der Waals surface area (Å²) in [5, 5.41) is 11.1. The fraction of sp³-hybridized carbons (Fsp3) is 0. The minimum Gasteiger partial charge on any atom is -0.236 e. The molecule has 1 nitrogen and oxygen atoms in total. The molecule has 2 unspecified atom stereocenters. The number of hydrogen-bond donors (Lipinski definition) is 0. The molecule has 0 bridgehead atoms. The summed E-state index contributed by atoms with van der Waals surface area (Å²) >= 11 is 0. The molecular weight excluding hydrogens is 258 g/mol. The zero-order valence-corrected chi connectivity index (χ0v) is 11.4. The largest absolute Gasteiger partial charge is 0.236 e. The Balaban J connectivity index is 1.99. The summed E-state index contributed by atoms with van der Waals surface area (Å²) in [7, 11) is 0.0444. The second-order valence-corrected chi connectivity index (χ2v) is 7.17. The van der Waals surface area contributed by atoms with E-state index in [1.165, 1.54) is 0 Å². The van der Waals surface area contributed by atoms with E-state index in [0.29, 0.717) is 0 Å². The Kier molecular flexibility index (Phi) is 3.53. The normalized spacial score (nSPS) is 24.7. The van der Waals surface area contributed by atoms with E-state index in [4.69, 9.17) is 4.98 Å². The minimum absolute atomic E-state index is 0.0222. The summed E-state index contributed by atoms with van der Waals surface area (Å²) in [4.78, 5) is 4.81. The lowest BCUT2D eigenvalue weighted by Crippen LogP contribution is -1.88. The molecule has 0 amide bonds. The Bertz CT molecular complexity index is 593. The molecular formula is C15H13NS2. The first-order chi connectivity index (χ1) is 8.93. The van der Waals surface area contributed by atoms with Crippen molar-refractivity contribution in [1.82, 2.24) is 4.98 Å². The van der Waals surface area contributed by atoms with Crippen molar-refractivity contribution in [3.8, 4) is 0 Å². The van der Waals surface area contributed by atoms with Crippen molar-refractivity contribution in [1.29, 1.82) is 0 Å². The Hall–Kier alpha value is -1.45. The van der Waals surface area contributed by atoms with E-state index in [0.717, 1.165) is 10.1 Å². The summed E-state index contributed by atoms with van der Waals surface area (Å²) in [6.45, 7) is 0. The van der Waals surface area contributed by atoms with Gasteiger partial charge in [0.15, 0.2) is 0 Å². The summed E-state index contributed by atoms with van der Waals surface area (Å²) < 4.78 is 0. The molecule has 0 saturated heterocycles. The van der Waals surface area contributed by atoms with Crippen LogP contribution in [0.1, 0.15) is 0 Å². The van der Waals surface area contributed by atoms with E-state index < -0.39 is 0 Å². The SMILES string of the molecule is C1=CC=S(c2cccc(S3=CC=CC=C3)n2)C=C1. The predicted octanol–water partition coefficient (Wildman–Crippen LogP) is 4.11. The fourth-order valence-electron chi connectivity index (χ4n) is 1.68. The highest BCUT2D eigenvalue weighted by molar-refractivity contribution is 8.18. The predicted molar refractivity (Wildman–Crippen MR) is 84.6 cm³/mol. The molecule has 3 heterocycles. The van der Waals surface area contributed by atoms with Crippen LogP contribution in [-0.2, 0) is 0 Å². The van der Waals surface area contributed by atoms with Gasteiger partial charge in [-0.3, -0.25) is 0 Å². The lowest BCUT2D eigenvalue weighted by molar-refractivity contribution is 1.01. The monoisotopic (exact) mass is 271 g/mol. The molecule has 0 fully saturated rings. The van der Waals surface area contributed by atoms with Crippen LogP contribution >= 0.6 is 21.0 Å². The second-order valence-electron chi connectivity index (χ2n) is 3.76. The maximum absolute atomic E-state index is 4.81. The van der Waals surface area contributed by atoms with E-state index in [-0.39, 0.29) is 21.0 Å². The van der Waals surface area contributed by atoms with Crippen LogP contribution in [0.5, 0.6) is 0 Å². The molecule has 3 heteroatoms. The molecule has 0 spiro atoms. The third-order valence-electron chi connectivity index (χ3n) is 2.53. The number of rotatable bonds is 2. The van der Waals surface area contributed by atoms with Gasteiger partial charge in [0, 0.05) is 0 Å². The number of pyridine rings is 1. The summed E-state index contributed by atoms with van der Waals surface area (Å²) in [6.07, 6.45) is 12.5. The Morgan fingerprint density at radius 3 is 1.67 bits per heavy atom. The van der Waals surface area contributed by atoms with Crippen molar-refractivity contribution in [3.05, 3.63) is 65.5 Å². The Morgan fingerprint density at radius 2 is 1.22 bits per heavy atom. The molecule has 2 aliphatic heterocycles. The molecule has 90 valence electrons. The van der Waals surface area contributed by atoms with Gasteiger partial charge in [0.05, 0.1) is 10.1 Å². The van der Waals surface area contributed by atoms with Crippen molar-refractivity contribution in [2.75, 3.05) is 0 Å². The van der Waals surface area contributed by atoms with Gasteiger partial charge in [-0.25, -0.2) is 4.98 Å². The minimum atomic E-state index is 0.0222. The van der Waals surface area contributed by atoms with E-state index >= 15 is 0 Å². The van der Waals surface area contributed by atoms with E-state index in [2.05, 4.69) is 76.2 Å².